The van der Waals surface area contributed by atoms with Crippen molar-refractivity contribution in [2.24, 2.45) is 0 Å². The lowest BCUT2D eigenvalue weighted by atomic mass is 10.2. The van der Waals surface area contributed by atoms with E-state index in [0.717, 1.165) is 12.0 Å². The van der Waals surface area contributed by atoms with Crippen LogP contribution in [0.3, 0.4) is 0 Å². The SMILES string of the molecule is OB(O)Oc1ccc(COCCc2ccccc2)cc1. The van der Waals surface area contributed by atoms with Crippen LogP contribution in [0.2, 0.25) is 0 Å². The molecule has 0 bridgehead atoms. The Labute approximate surface area is 118 Å². The number of hydrogen-bond acceptors (Lipinski definition) is 4. The minimum Gasteiger partial charge on any atom is -0.512 e. The van der Waals surface area contributed by atoms with Gasteiger partial charge in [-0.3, -0.25) is 0 Å². The first-order chi connectivity index (χ1) is 9.74. The summed E-state index contributed by atoms with van der Waals surface area (Å²) in [6, 6.07) is 17.2. The maximum atomic E-state index is 8.67. The molecular formula is C15H17BO4. The third-order valence-electron chi connectivity index (χ3n) is 2.81. The summed E-state index contributed by atoms with van der Waals surface area (Å²) in [4.78, 5) is 0. The average molecular weight is 272 g/mol. The highest BCUT2D eigenvalue weighted by Gasteiger charge is 2.10. The lowest BCUT2D eigenvalue weighted by Crippen LogP contribution is -2.20. The lowest BCUT2D eigenvalue weighted by Gasteiger charge is -2.07. The topological polar surface area (TPSA) is 58.9 Å². The highest BCUT2D eigenvalue weighted by molar-refractivity contribution is 6.33. The molecule has 104 valence electrons. The van der Waals surface area contributed by atoms with Crippen LogP contribution in [0, 0.1) is 0 Å². The minimum atomic E-state index is -1.79. The largest absolute Gasteiger partial charge is 0.707 e. The molecule has 0 spiro atoms. The second-order valence-electron chi connectivity index (χ2n) is 4.38. The molecule has 0 unspecified atom stereocenters. The molecule has 0 saturated heterocycles. The Bertz CT molecular complexity index is 499. The summed E-state index contributed by atoms with van der Waals surface area (Å²) in [5.74, 6) is 0.410. The second kappa shape index (κ2) is 7.70. The lowest BCUT2D eigenvalue weighted by molar-refractivity contribution is 0.124. The molecule has 2 N–H and O–H groups in total. The molecule has 2 rings (SSSR count). The first-order valence-corrected chi connectivity index (χ1v) is 6.47. The zero-order valence-electron chi connectivity index (χ0n) is 11.1. The van der Waals surface area contributed by atoms with Gasteiger partial charge in [-0.05, 0) is 29.7 Å². The van der Waals surface area contributed by atoms with Crippen molar-refractivity contribution in [3.05, 3.63) is 65.7 Å². The summed E-state index contributed by atoms with van der Waals surface area (Å²) in [7, 11) is -1.79. The van der Waals surface area contributed by atoms with Crippen molar-refractivity contribution in [3.8, 4) is 5.75 Å². The van der Waals surface area contributed by atoms with Crippen molar-refractivity contribution in [2.45, 2.75) is 13.0 Å². The maximum absolute atomic E-state index is 8.67. The number of ether oxygens (including phenoxy) is 1. The quantitative estimate of drug-likeness (QED) is 0.596. The Morgan fingerprint density at radius 2 is 1.55 bits per heavy atom. The predicted molar refractivity (Wildman–Crippen MR) is 77.1 cm³/mol. The van der Waals surface area contributed by atoms with E-state index >= 15 is 0 Å². The summed E-state index contributed by atoms with van der Waals surface area (Å²) in [6.07, 6.45) is 0.888. The molecule has 2 aromatic carbocycles. The Hall–Kier alpha value is -1.82. The summed E-state index contributed by atoms with van der Waals surface area (Å²) in [5, 5.41) is 17.3. The standard InChI is InChI=1S/C15H17BO4/c17-16(18)20-15-8-6-14(7-9-15)12-19-11-10-13-4-2-1-3-5-13/h1-9,17-18H,10-12H2. The first-order valence-electron chi connectivity index (χ1n) is 6.47. The van der Waals surface area contributed by atoms with Gasteiger partial charge in [-0.15, -0.1) is 0 Å². The van der Waals surface area contributed by atoms with E-state index in [2.05, 4.69) is 12.1 Å². The van der Waals surface area contributed by atoms with Gasteiger partial charge < -0.3 is 19.4 Å². The molecule has 0 aromatic heterocycles. The molecule has 0 amide bonds. The van der Waals surface area contributed by atoms with Crippen LogP contribution in [0.15, 0.2) is 54.6 Å². The van der Waals surface area contributed by atoms with Crippen molar-refractivity contribution >= 4 is 7.32 Å². The predicted octanol–water partition coefficient (Wildman–Crippen LogP) is 1.79. The summed E-state index contributed by atoms with van der Waals surface area (Å²) >= 11 is 0. The molecule has 0 atom stereocenters. The van der Waals surface area contributed by atoms with Gasteiger partial charge in [-0.2, -0.15) is 0 Å². The van der Waals surface area contributed by atoms with Crippen LogP contribution in [0.4, 0.5) is 0 Å². The van der Waals surface area contributed by atoms with E-state index in [4.69, 9.17) is 19.4 Å². The van der Waals surface area contributed by atoms with Crippen LogP contribution < -0.4 is 4.65 Å². The van der Waals surface area contributed by atoms with E-state index in [9.17, 15) is 0 Å². The molecule has 20 heavy (non-hydrogen) atoms. The molecule has 0 aliphatic carbocycles. The van der Waals surface area contributed by atoms with Gasteiger partial charge in [-0.25, -0.2) is 0 Å². The molecular weight excluding hydrogens is 255 g/mol. The zero-order valence-corrected chi connectivity index (χ0v) is 11.1. The third kappa shape index (κ3) is 5.05. The number of benzene rings is 2. The molecule has 0 aliphatic rings. The molecule has 0 aliphatic heterocycles. The van der Waals surface area contributed by atoms with Gasteiger partial charge in [0.05, 0.1) is 13.2 Å². The molecule has 0 saturated carbocycles. The van der Waals surface area contributed by atoms with Crippen molar-refractivity contribution in [1.82, 2.24) is 0 Å². The van der Waals surface area contributed by atoms with Gasteiger partial charge in [0.1, 0.15) is 5.75 Å². The summed E-state index contributed by atoms with van der Waals surface area (Å²) in [5.41, 5.74) is 2.27. The van der Waals surface area contributed by atoms with Gasteiger partial charge in [0.25, 0.3) is 0 Å². The zero-order chi connectivity index (χ0) is 14.2. The highest BCUT2D eigenvalue weighted by atomic mass is 16.6. The molecule has 5 heteroatoms. The van der Waals surface area contributed by atoms with E-state index in [0.29, 0.717) is 19.0 Å². The maximum Gasteiger partial charge on any atom is 0.707 e. The van der Waals surface area contributed by atoms with Crippen LogP contribution >= 0.6 is 0 Å². The van der Waals surface area contributed by atoms with Gasteiger partial charge in [0.2, 0.25) is 0 Å². The van der Waals surface area contributed by atoms with Crippen molar-refractivity contribution < 1.29 is 19.4 Å². The summed E-state index contributed by atoms with van der Waals surface area (Å²) < 4.78 is 10.3. The normalized spacial score (nSPS) is 10.3. The fourth-order valence-corrected chi connectivity index (χ4v) is 1.81. The Kier molecular flexibility index (Phi) is 5.61. The number of hydrogen-bond donors (Lipinski definition) is 2. The Balaban J connectivity index is 1.71. The Morgan fingerprint density at radius 1 is 0.850 bits per heavy atom. The van der Waals surface area contributed by atoms with Gasteiger partial charge in [0, 0.05) is 0 Å². The van der Waals surface area contributed by atoms with Crippen molar-refractivity contribution in [2.75, 3.05) is 6.61 Å². The van der Waals surface area contributed by atoms with E-state index in [1.54, 1.807) is 12.1 Å². The van der Waals surface area contributed by atoms with Crippen LogP contribution in [0.25, 0.3) is 0 Å². The first kappa shape index (κ1) is 14.6. The van der Waals surface area contributed by atoms with E-state index in [1.165, 1.54) is 5.56 Å². The average Bonchev–Trinajstić information content (AvgIpc) is 2.46. The highest BCUT2D eigenvalue weighted by Crippen LogP contribution is 2.13. The molecule has 2 aromatic rings. The summed E-state index contributed by atoms with van der Waals surface area (Å²) in [6.45, 7) is 1.19. The fourth-order valence-electron chi connectivity index (χ4n) is 1.81. The van der Waals surface area contributed by atoms with Crippen molar-refractivity contribution in [1.29, 1.82) is 0 Å². The van der Waals surface area contributed by atoms with Gasteiger partial charge >= 0.3 is 7.32 Å². The van der Waals surface area contributed by atoms with Crippen molar-refractivity contribution in [3.63, 3.8) is 0 Å². The molecule has 0 heterocycles. The van der Waals surface area contributed by atoms with Crippen LogP contribution in [-0.2, 0) is 17.8 Å². The van der Waals surface area contributed by atoms with E-state index in [1.807, 2.05) is 30.3 Å². The van der Waals surface area contributed by atoms with E-state index in [-0.39, 0.29) is 0 Å². The second-order valence-corrected chi connectivity index (χ2v) is 4.38. The van der Waals surface area contributed by atoms with Gasteiger partial charge in [-0.1, -0.05) is 42.5 Å². The molecule has 4 nitrogen and oxygen atoms in total. The molecule has 0 fully saturated rings. The minimum absolute atomic E-state index is 0.410. The van der Waals surface area contributed by atoms with Crippen LogP contribution in [-0.4, -0.2) is 24.0 Å². The number of rotatable bonds is 7. The van der Waals surface area contributed by atoms with Gasteiger partial charge in [0.15, 0.2) is 0 Å². The van der Waals surface area contributed by atoms with E-state index < -0.39 is 7.32 Å². The smallest absolute Gasteiger partial charge is 0.512 e. The monoisotopic (exact) mass is 272 g/mol. The Morgan fingerprint density at radius 3 is 2.20 bits per heavy atom. The third-order valence-corrected chi connectivity index (χ3v) is 2.81. The van der Waals surface area contributed by atoms with Crippen LogP contribution in [0.1, 0.15) is 11.1 Å². The fraction of sp³-hybridized carbons (Fsp3) is 0.200. The van der Waals surface area contributed by atoms with Crippen LogP contribution in [0.5, 0.6) is 5.75 Å². The molecule has 0 radical (unpaired) electrons.